The Bertz CT molecular complexity index is 886. The lowest BCUT2D eigenvalue weighted by Crippen LogP contribution is -2.20. The van der Waals surface area contributed by atoms with Crippen LogP contribution in [0.5, 0.6) is 11.5 Å². The van der Waals surface area contributed by atoms with Crippen molar-refractivity contribution in [2.45, 2.75) is 6.04 Å². The Morgan fingerprint density at radius 1 is 1.17 bits per heavy atom. The van der Waals surface area contributed by atoms with Crippen molar-refractivity contribution in [2.24, 2.45) is 0 Å². The van der Waals surface area contributed by atoms with Crippen LogP contribution in [0.15, 0.2) is 48.1 Å². The zero-order valence-corrected chi connectivity index (χ0v) is 14.1. The summed E-state index contributed by atoms with van der Waals surface area (Å²) < 4.78 is 12.6. The second-order valence-electron chi connectivity index (χ2n) is 5.27. The molecule has 0 bridgehead atoms. The molecule has 24 heavy (non-hydrogen) atoms. The number of aromatic nitrogens is 3. The summed E-state index contributed by atoms with van der Waals surface area (Å²) in [6, 6.07) is 9.95. The number of hydrogen-bond acceptors (Lipinski definition) is 6. The largest absolute Gasteiger partial charge is 0.493 e. The topological polar surface area (TPSA) is 61.2 Å². The van der Waals surface area contributed by atoms with Crippen molar-refractivity contribution in [3.8, 4) is 11.5 Å². The molecule has 1 N–H and O–H groups in total. The molecule has 2 aromatic heterocycles. The maximum atomic E-state index is 5.43. The predicted octanol–water partition coefficient (Wildman–Crippen LogP) is 3.41. The van der Waals surface area contributed by atoms with Crippen molar-refractivity contribution in [1.29, 1.82) is 0 Å². The van der Waals surface area contributed by atoms with Crippen molar-refractivity contribution in [1.82, 2.24) is 14.8 Å². The van der Waals surface area contributed by atoms with Crippen LogP contribution >= 0.6 is 11.3 Å². The van der Waals surface area contributed by atoms with E-state index < -0.39 is 0 Å². The van der Waals surface area contributed by atoms with Crippen LogP contribution in [0.1, 0.15) is 16.5 Å². The van der Waals surface area contributed by atoms with Gasteiger partial charge >= 0.3 is 0 Å². The van der Waals surface area contributed by atoms with Gasteiger partial charge in [-0.05, 0) is 35.2 Å². The fraction of sp³-hybridized carbons (Fsp3) is 0.176. The summed E-state index contributed by atoms with van der Waals surface area (Å²) in [5.74, 6) is 2.12. The zero-order chi connectivity index (χ0) is 16.5. The van der Waals surface area contributed by atoms with Crippen LogP contribution < -0.4 is 14.8 Å². The second kappa shape index (κ2) is 6.01. The Balaban J connectivity index is 1.81. The number of benzene rings is 1. The van der Waals surface area contributed by atoms with Gasteiger partial charge in [-0.3, -0.25) is 0 Å². The molecule has 0 fully saturated rings. The smallest absolute Gasteiger partial charge is 0.226 e. The monoisotopic (exact) mass is 340 g/mol. The van der Waals surface area contributed by atoms with E-state index in [-0.39, 0.29) is 6.04 Å². The molecule has 1 atom stereocenters. The fourth-order valence-electron chi connectivity index (χ4n) is 2.78. The van der Waals surface area contributed by atoms with Gasteiger partial charge in [0.2, 0.25) is 5.95 Å². The van der Waals surface area contributed by atoms with Gasteiger partial charge in [-0.15, -0.1) is 11.3 Å². The van der Waals surface area contributed by atoms with E-state index in [0.717, 1.165) is 22.1 Å². The Hall–Kier alpha value is -2.80. The van der Waals surface area contributed by atoms with E-state index >= 15 is 0 Å². The lowest BCUT2D eigenvalue weighted by atomic mass is 10.0. The first-order valence-corrected chi connectivity index (χ1v) is 8.32. The molecule has 1 aliphatic rings. The number of nitrogens with zero attached hydrogens (tertiary/aromatic N) is 3. The van der Waals surface area contributed by atoms with Crippen LogP contribution in [0, 0.1) is 0 Å². The van der Waals surface area contributed by atoms with E-state index in [2.05, 4.69) is 32.9 Å². The molecule has 0 radical (unpaired) electrons. The summed E-state index contributed by atoms with van der Waals surface area (Å²) in [6.45, 7) is 0. The maximum Gasteiger partial charge on any atom is 0.226 e. The first-order chi connectivity index (χ1) is 11.8. The molecule has 0 amide bonds. The molecule has 7 heteroatoms. The van der Waals surface area contributed by atoms with Crippen molar-refractivity contribution in [3.63, 3.8) is 0 Å². The van der Waals surface area contributed by atoms with Gasteiger partial charge in [0.25, 0.3) is 0 Å². The van der Waals surface area contributed by atoms with Gasteiger partial charge in [0.05, 0.1) is 24.8 Å². The van der Waals surface area contributed by atoms with Crippen LogP contribution in [0.2, 0.25) is 0 Å². The number of allylic oxidation sites excluding steroid dienone is 1. The van der Waals surface area contributed by atoms with E-state index in [1.54, 1.807) is 31.9 Å². The van der Waals surface area contributed by atoms with E-state index in [9.17, 15) is 0 Å². The summed E-state index contributed by atoms with van der Waals surface area (Å²) in [7, 11) is 3.27. The van der Waals surface area contributed by atoms with Crippen LogP contribution in [0.4, 0.5) is 5.95 Å². The summed E-state index contributed by atoms with van der Waals surface area (Å²) >= 11 is 1.68. The molecule has 122 valence electrons. The Morgan fingerprint density at radius 2 is 2.04 bits per heavy atom. The normalized spacial score (nSPS) is 16.1. The molecule has 0 aliphatic carbocycles. The summed E-state index contributed by atoms with van der Waals surface area (Å²) in [4.78, 5) is 5.48. The van der Waals surface area contributed by atoms with Gasteiger partial charge in [0.1, 0.15) is 12.4 Å². The highest BCUT2D eigenvalue weighted by Crippen LogP contribution is 2.36. The molecule has 4 rings (SSSR count). The second-order valence-corrected chi connectivity index (χ2v) is 6.22. The lowest BCUT2D eigenvalue weighted by molar-refractivity contribution is 0.354. The number of methoxy groups -OCH3 is 2. The summed E-state index contributed by atoms with van der Waals surface area (Å²) in [5.41, 5.74) is 2.08. The quantitative estimate of drug-likeness (QED) is 0.788. The first kappa shape index (κ1) is 14.8. The standard InChI is InChI=1S/C17H16N4O2S/c1-22-14-6-5-11(8-15(14)23-2)13-9-12(16-4-3-7-24-16)20-17-18-10-19-21(13)17/h3-10,13H,1-2H3,(H,18,19,20)/t13-/m0/s1. The van der Waals surface area contributed by atoms with Crippen molar-refractivity contribution < 1.29 is 9.47 Å². The molecular weight excluding hydrogens is 324 g/mol. The molecule has 1 aliphatic heterocycles. The van der Waals surface area contributed by atoms with Crippen LogP contribution in [0.3, 0.4) is 0 Å². The Kier molecular flexibility index (Phi) is 3.70. The summed E-state index contributed by atoms with van der Waals surface area (Å²) in [5, 5.41) is 9.75. The third kappa shape index (κ3) is 2.43. The molecule has 0 unspecified atom stereocenters. The van der Waals surface area contributed by atoms with Crippen LogP contribution in [-0.4, -0.2) is 29.0 Å². The minimum atomic E-state index is -0.0688. The van der Waals surface area contributed by atoms with Gasteiger partial charge in [0.15, 0.2) is 11.5 Å². The van der Waals surface area contributed by atoms with Crippen molar-refractivity contribution >= 4 is 23.0 Å². The highest BCUT2D eigenvalue weighted by atomic mass is 32.1. The van der Waals surface area contributed by atoms with Gasteiger partial charge in [-0.2, -0.15) is 10.1 Å². The van der Waals surface area contributed by atoms with E-state index in [0.29, 0.717) is 11.5 Å². The van der Waals surface area contributed by atoms with Crippen molar-refractivity contribution in [2.75, 3.05) is 19.5 Å². The third-order valence-corrected chi connectivity index (χ3v) is 4.85. The Morgan fingerprint density at radius 3 is 2.79 bits per heavy atom. The minimum Gasteiger partial charge on any atom is -0.493 e. The van der Waals surface area contributed by atoms with Gasteiger partial charge < -0.3 is 14.8 Å². The minimum absolute atomic E-state index is 0.0688. The highest BCUT2D eigenvalue weighted by Gasteiger charge is 2.24. The van der Waals surface area contributed by atoms with Crippen molar-refractivity contribution in [3.05, 3.63) is 58.6 Å². The molecule has 3 heterocycles. The first-order valence-electron chi connectivity index (χ1n) is 7.44. The van der Waals surface area contributed by atoms with Gasteiger partial charge in [-0.1, -0.05) is 12.1 Å². The molecule has 0 saturated carbocycles. The molecule has 6 nitrogen and oxygen atoms in total. The third-order valence-electron chi connectivity index (χ3n) is 3.94. The van der Waals surface area contributed by atoms with Crippen LogP contribution in [-0.2, 0) is 0 Å². The van der Waals surface area contributed by atoms with E-state index in [4.69, 9.17) is 9.47 Å². The van der Waals surface area contributed by atoms with Gasteiger partial charge in [-0.25, -0.2) is 4.68 Å². The summed E-state index contributed by atoms with van der Waals surface area (Å²) in [6.07, 6.45) is 3.70. The predicted molar refractivity (Wildman–Crippen MR) is 93.6 cm³/mol. The average Bonchev–Trinajstić information content (AvgIpc) is 3.31. The number of hydrogen-bond donors (Lipinski definition) is 1. The van der Waals surface area contributed by atoms with Gasteiger partial charge in [0, 0.05) is 0 Å². The van der Waals surface area contributed by atoms with E-state index in [1.165, 1.54) is 0 Å². The lowest BCUT2D eigenvalue weighted by Gasteiger charge is -2.24. The number of thiophene rings is 1. The number of rotatable bonds is 4. The number of ether oxygens (including phenoxy) is 2. The average molecular weight is 340 g/mol. The SMILES string of the molecule is COc1ccc([C@@H]2C=C(c3cccs3)Nc3ncnn32)cc1OC. The van der Waals surface area contributed by atoms with E-state index in [1.807, 2.05) is 28.9 Å². The number of nitrogens with one attached hydrogen (secondary N) is 1. The molecule has 0 spiro atoms. The number of fused-ring (bicyclic) bond motifs is 1. The molecule has 3 aromatic rings. The zero-order valence-electron chi connectivity index (χ0n) is 13.3. The number of anilines is 1. The van der Waals surface area contributed by atoms with Crippen LogP contribution in [0.25, 0.3) is 5.70 Å². The molecule has 1 aromatic carbocycles. The Labute approximate surface area is 143 Å². The fourth-order valence-corrected chi connectivity index (χ4v) is 3.49. The maximum absolute atomic E-state index is 5.43. The molecule has 0 saturated heterocycles. The molecular formula is C17H16N4O2S. The highest BCUT2D eigenvalue weighted by molar-refractivity contribution is 7.11.